The van der Waals surface area contributed by atoms with Gasteiger partial charge in [-0.25, -0.2) is 4.79 Å². The fraction of sp³-hybridized carbons (Fsp3) is 0.0625. The van der Waals surface area contributed by atoms with E-state index in [2.05, 4.69) is 9.97 Å². The molecule has 0 fully saturated rings. The monoisotopic (exact) mass is 280 g/mol. The predicted octanol–water partition coefficient (Wildman–Crippen LogP) is 2.49. The first-order valence-electron chi connectivity index (χ1n) is 6.37. The van der Waals surface area contributed by atoms with E-state index in [1.807, 2.05) is 18.2 Å². The van der Waals surface area contributed by atoms with Crippen molar-refractivity contribution in [2.75, 3.05) is 0 Å². The third kappa shape index (κ3) is 2.46. The molecule has 2 N–H and O–H groups in total. The lowest BCUT2D eigenvalue weighted by Gasteiger charge is -2.08. The number of nitrogens with zero attached hydrogens (tertiary/aromatic N) is 2. The molecule has 0 aliphatic heterocycles. The second-order valence-electron chi connectivity index (χ2n) is 4.61. The summed E-state index contributed by atoms with van der Waals surface area (Å²) >= 11 is 0. The quantitative estimate of drug-likeness (QED) is 0.770. The maximum absolute atomic E-state index is 11.3. The zero-order chi connectivity index (χ0) is 14.8. The van der Waals surface area contributed by atoms with Crippen LogP contribution in [0.1, 0.15) is 15.9 Å². The number of carboxylic acids is 1. The number of hydrogen-bond acceptors (Lipinski definition) is 4. The van der Waals surface area contributed by atoms with E-state index in [4.69, 9.17) is 0 Å². The summed E-state index contributed by atoms with van der Waals surface area (Å²) in [6.07, 6.45) is 3.10. The van der Waals surface area contributed by atoms with E-state index in [-0.39, 0.29) is 12.2 Å². The molecule has 1 heterocycles. The van der Waals surface area contributed by atoms with Gasteiger partial charge in [0.05, 0.1) is 23.2 Å². The molecule has 0 atom stereocenters. The maximum atomic E-state index is 11.3. The molecule has 5 heteroatoms. The highest BCUT2D eigenvalue weighted by atomic mass is 16.4. The second kappa shape index (κ2) is 5.30. The first-order valence-corrected chi connectivity index (χ1v) is 6.37. The van der Waals surface area contributed by atoms with Crippen molar-refractivity contribution in [1.29, 1.82) is 0 Å². The van der Waals surface area contributed by atoms with Crippen molar-refractivity contribution in [3.8, 4) is 11.1 Å². The molecule has 0 spiro atoms. The van der Waals surface area contributed by atoms with Gasteiger partial charge >= 0.3 is 5.97 Å². The average molecular weight is 280 g/mol. The third-order valence-corrected chi connectivity index (χ3v) is 3.24. The van der Waals surface area contributed by atoms with E-state index >= 15 is 0 Å². The number of aliphatic hydroxyl groups excluding tert-OH is 1. The lowest BCUT2D eigenvalue weighted by molar-refractivity contribution is 0.0697. The number of benzene rings is 2. The van der Waals surface area contributed by atoms with Crippen LogP contribution in [0.2, 0.25) is 0 Å². The summed E-state index contributed by atoms with van der Waals surface area (Å²) in [6, 6.07) is 10.4. The Bertz CT molecular complexity index is 831. The van der Waals surface area contributed by atoms with Gasteiger partial charge in [-0.1, -0.05) is 18.2 Å². The van der Waals surface area contributed by atoms with E-state index in [9.17, 15) is 15.0 Å². The maximum Gasteiger partial charge on any atom is 0.335 e. The molecule has 3 rings (SSSR count). The van der Waals surface area contributed by atoms with Gasteiger partial charge in [-0.15, -0.1) is 0 Å². The van der Waals surface area contributed by atoms with E-state index in [1.165, 1.54) is 12.3 Å². The highest BCUT2D eigenvalue weighted by Gasteiger charge is 2.12. The number of aliphatic hydroxyl groups is 1. The molecule has 104 valence electrons. The van der Waals surface area contributed by atoms with Gasteiger partial charge in [0.1, 0.15) is 0 Å². The van der Waals surface area contributed by atoms with Gasteiger partial charge < -0.3 is 10.2 Å². The topological polar surface area (TPSA) is 83.3 Å². The zero-order valence-electron chi connectivity index (χ0n) is 11.0. The van der Waals surface area contributed by atoms with Gasteiger partial charge in [-0.05, 0) is 29.3 Å². The van der Waals surface area contributed by atoms with Crippen LogP contribution in [0.15, 0.2) is 48.8 Å². The van der Waals surface area contributed by atoms with Crippen molar-refractivity contribution >= 4 is 17.0 Å². The van der Waals surface area contributed by atoms with Crippen molar-refractivity contribution in [3.63, 3.8) is 0 Å². The van der Waals surface area contributed by atoms with Crippen LogP contribution < -0.4 is 0 Å². The standard InChI is InChI=1S/C16H12N2O3/c19-9-10-2-1-3-11(6-10)13-7-12(16(20)21)8-14-15(13)18-5-4-17-14/h1-8,19H,9H2,(H,20,21). The number of carboxylic acid groups (broad SMARTS) is 1. The summed E-state index contributed by atoms with van der Waals surface area (Å²) in [5.74, 6) is -1.01. The van der Waals surface area contributed by atoms with Crippen molar-refractivity contribution in [2.24, 2.45) is 0 Å². The van der Waals surface area contributed by atoms with Crippen molar-refractivity contribution in [1.82, 2.24) is 9.97 Å². The summed E-state index contributed by atoms with van der Waals surface area (Å²) in [6.45, 7) is -0.0733. The number of fused-ring (bicyclic) bond motifs is 1. The van der Waals surface area contributed by atoms with Gasteiger partial charge in [0, 0.05) is 18.0 Å². The highest BCUT2D eigenvalue weighted by Crippen LogP contribution is 2.28. The summed E-state index contributed by atoms with van der Waals surface area (Å²) in [5, 5.41) is 18.5. The molecule has 0 amide bonds. The zero-order valence-corrected chi connectivity index (χ0v) is 11.0. The van der Waals surface area contributed by atoms with Crippen LogP contribution in [0, 0.1) is 0 Å². The molecule has 5 nitrogen and oxygen atoms in total. The molecule has 21 heavy (non-hydrogen) atoms. The Morgan fingerprint density at radius 1 is 1.10 bits per heavy atom. The van der Waals surface area contributed by atoms with Crippen molar-refractivity contribution in [3.05, 3.63) is 59.9 Å². The molecule has 0 saturated heterocycles. The second-order valence-corrected chi connectivity index (χ2v) is 4.61. The van der Waals surface area contributed by atoms with Gasteiger partial charge in [0.2, 0.25) is 0 Å². The van der Waals surface area contributed by atoms with E-state index in [0.29, 0.717) is 16.6 Å². The van der Waals surface area contributed by atoms with Crippen LogP contribution in [0.4, 0.5) is 0 Å². The first-order chi connectivity index (χ1) is 10.2. The smallest absolute Gasteiger partial charge is 0.335 e. The van der Waals surface area contributed by atoms with Crippen molar-refractivity contribution in [2.45, 2.75) is 6.61 Å². The fourth-order valence-electron chi connectivity index (χ4n) is 2.26. The molecule has 0 aliphatic carbocycles. The lowest BCUT2D eigenvalue weighted by Crippen LogP contribution is -1.99. The van der Waals surface area contributed by atoms with Gasteiger partial charge in [0.25, 0.3) is 0 Å². The molecule has 0 bridgehead atoms. The molecule has 1 aromatic heterocycles. The molecule has 0 radical (unpaired) electrons. The van der Waals surface area contributed by atoms with Crippen LogP contribution in [0.3, 0.4) is 0 Å². The average Bonchev–Trinajstić information content (AvgIpc) is 2.53. The van der Waals surface area contributed by atoms with Crippen LogP contribution in [0.25, 0.3) is 22.2 Å². The normalized spacial score (nSPS) is 10.7. The van der Waals surface area contributed by atoms with Gasteiger partial charge in [-0.3, -0.25) is 9.97 Å². The largest absolute Gasteiger partial charge is 0.478 e. The van der Waals surface area contributed by atoms with Crippen LogP contribution in [-0.4, -0.2) is 26.2 Å². The Labute approximate surface area is 120 Å². The molecular weight excluding hydrogens is 268 g/mol. The Morgan fingerprint density at radius 3 is 2.67 bits per heavy atom. The predicted molar refractivity (Wildman–Crippen MR) is 77.9 cm³/mol. The van der Waals surface area contributed by atoms with Crippen molar-refractivity contribution < 1.29 is 15.0 Å². The van der Waals surface area contributed by atoms with Crippen LogP contribution in [-0.2, 0) is 6.61 Å². The number of aromatic nitrogens is 2. The minimum Gasteiger partial charge on any atom is -0.478 e. The molecule has 3 aromatic rings. The third-order valence-electron chi connectivity index (χ3n) is 3.24. The Morgan fingerprint density at radius 2 is 1.90 bits per heavy atom. The lowest BCUT2D eigenvalue weighted by atomic mass is 9.99. The molecule has 0 unspecified atom stereocenters. The summed E-state index contributed by atoms with van der Waals surface area (Å²) in [7, 11) is 0. The Hall–Kier alpha value is -2.79. The van der Waals surface area contributed by atoms with Crippen LogP contribution >= 0.6 is 0 Å². The number of rotatable bonds is 3. The van der Waals surface area contributed by atoms with E-state index < -0.39 is 5.97 Å². The molecule has 2 aromatic carbocycles. The van der Waals surface area contributed by atoms with E-state index in [1.54, 1.807) is 18.3 Å². The SMILES string of the molecule is O=C(O)c1cc(-c2cccc(CO)c2)c2nccnc2c1. The van der Waals surface area contributed by atoms with Gasteiger partial charge in [-0.2, -0.15) is 0 Å². The molecular formula is C16H12N2O3. The Balaban J connectivity index is 2.31. The minimum atomic E-state index is -1.01. The molecule has 0 saturated carbocycles. The minimum absolute atomic E-state index is 0.0733. The Kier molecular flexibility index (Phi) is 3.33. The summed E-state index contributed by atoms with van der Waals surface area (Å²) in [4.78, 5) is 19.7. The summed E-state index contributed by atoms with van der Waals surface area (Å²) in [5.41, 5.74) is 3.57. The fourth-order valence-corrected chi connectivity index (χ4v) is 2.26. The number of carbonyl (C=O) groups is 1. The van der Waals surface area contributed by atoms with Gasteiger partial charge in [0.15, 0.2) is 0 Å². The number of hydrogen-bond donors (Lipinski definition) is 2. The molecule has 0 aliphatic rings. The van der Waals surface area contributed by atoms with E-state index in [0.717, 1.165) is 11.1 Å². The highest BCUT2D eigenvalue weighted by molar-refractivity contribution is 5.99. The first kappa shape index (κ1) is 13.2. The number of aromatic carboxylic acids is 1. The van der Waals surface area contributed by atoms with Crippen LogP contribution in [0.5, 0.6) is 0 Å². The summed E-state index contributed by atoms with van der Waals surface area (Å²) < 4.78 is 0.